The van der Waals surface area contributed by atoms with E-state index < -0.39 is 16.3 Å². The first-order valence-electron chi connectivity index (χ1n) is 8.85. The van der Waals surface area contributed by atoms with Gasteiger partial charge in [-0.15, -0.1) is 0 Å². The molecular weight excluding hydrogens is 362 g/mol. The van der Waals surface area contributed by atoms with Crippen molar-refractivity contribution in [1.82, 2.24) is 4.31 Å². The van der Waals surface area contributed by atoms with E-state index in [1.165, 1.54) is 0 Å². The molecule has 0 saturated carbocycles. The number of benzene rings is 2. The zero-order chi connectivity index (χ0) is 19.7. The van der Waals surface area contributed by atoms with Crippen LogP contribution in [0, 0.1) is 18.9 Å². The van der Waals surface area contributed by atoms with E-state index in [1.807, 2.05) is 51.1 Å². The van der Waals surface area contributed by atoms with Gasteiger partial charge in [-0.1, -0.05) is 48.0 Å². The van der Waals surface area contributed by atoms with Crippen LogP contribution in [0.5, 0.6) is 0 Å². The number of rotatable bonds is 8. The van der Waals surface area contributed by atoms with Gasteiger partial charge in [0.2, 0.25) is 6.29 Å². The van der Waals surface area contributed by atoms with Gasteiger partial charge in [0.25, 0.3) is 10.0 Å². The van der Waals surface area contributed by atoms with Crippen LogP contribution < -0.4 is 0 Å². The van der Waals surface area contributed by atoms with Gasteiger partial charge in [-0.2, -0.15) is 0 Å². The van der Waals surface area contributed by atoms with Gasteiger partial charge in [-0.25, -0.2) is 12.7 Å². The Morgan fingerprint density at radius 1 is 0.963 bits per heavy atom. The Balaban J connectivity index is 2.38. The smallest absolute Gasteiger partial charge is 0.271 e. The summed E-state index contributed by atoms with van der Waals surface area (Å²) in [6.07, 6.45) is -0.772. The minimum Gasteiger partial charge on any atom is -0.342 e. The first-order chi connectivity index (χ1) is 13.0. The molecule has 2 aromatic rings. The summed E-state index contributed by atoms with van der Waals surface area (Å²) in [6.45, 7) is 6.55. The van der Waals surface area contributed by atoms with Gasteiger partial charge in [-0.3, -0.25) is 0 Å². The lowest BCUT2D eigenvalue weighted by atomic mass is 10.2. The van der Waals surface area contributed by atoms with Crippen LogP contribution in [0.1, 0.15) is 25.0 Å². The molecule has 0 amide bonds. The highest BCUT2D eigenvalue weighted by atomic mass is 32.2. The fourth-order valence-electron chi connectivity index (χ4n) is 2.33. The normalized spacial score (nSPS) is 11.1. The lowest BCUT2D eigenvalue weighted by molar-refractivity contribution is -0.0971. The lowest BCUT2D eigenvalue weighted by Crippen LogP contribution is -2.27. The molecule has 0 spiro atoms. The standard InChI is InChI=1S/C21H25NO4S/c1-4-25-21(26-5-2)15-16-22(17-19-9-7-6-8-10-19)27(23,24)20-13-11-18(3)12-14-20/h6-14,21H,4-5,17H2,1-3H3. The third-order valence-corrected chi connectivity index (χ3v) is 5.39. The van der Waals surface area contributed by atoms with Crippen molar-refractivity contribution in [2.45, 2.75) is 38.5 Å². The Hall–Kier alpha value is -2.33. The van der Waals surface area contributed by atoms with E-state index in [1.54, 1.807) is 24.3 Å². The van der Waals surface area contributed by atoms with Gasteiger partial charge in [0.1, 0.15) is 0 Å². The van der Waals surface area contributed by atoms with Gasteiger partial charge >= 0.3 is 0 Å². The fourth-order valence-corrected chi connectivity index (χ4v) is 3.56. The number of ether oxygens (including phenoxy) is 2. The number of sulfonamides is 1. The summed E-state index contributed by atoms with van der Waals surface area (Å²) in [7, 11) is -3.79. The van der Waals surface area contributed by atoms with Crippen LogP contribution in [0.2, 0.25) is 0 Å². The van der Waals surface area contributed by atoms with Crippen LogP contribution in [-0.2, 0) is 26.0 Å². The van der Waals surface area contributed by atoms with Crippen LogP contribution in [0.15, 0.2) is 59.5 Å². The molecule has 2 aromatic carbocycles. The van der Waals surface area contributed by atoms with E-state index in [2.05, 4.69) is 12.0 Å². The van der Waals surface area contributed by atoms with Gasteiger partial charge in [0.15, 0.2) is 0 Å². The van der Waals surface area contributed by atoms with Crippen LogP contribution in [0.25, 0.3) is 0 Å². The zero-order valence-electron chi connectivity index (χ0n) is 15.9. The molecule has 0 radical (unpaired) electrons. The maximum Gasteiger partial charge on any atom is 0.271 e. The molecule has 27 heavy (non-hydrogen) atoms. The maximum atomic E-state index is 13.1. The quantitative estimate of drug-likeness (QED) is 0.395. The second-order valence-electron chi connectivity index (χ2n) is 5.81. The van der Waals surface area contributed by atoms with Crippen molar-refractivity contribution >= 4 is 10.0 Å². The molecule has 0 aliphatic carbocycles. The summed E-state index contributed by atoms with van der Waals surface area (Å²) in [5, 5.41) is 0. The summed E-state index contributed by atoms with van der Waals surface area (Å²) in [5.41, 5.74) is 1.83. The maximum absolute atomic E-state index is 13.1. The highest BCUT2D eigenvalue weighted by Crippen LogP contribution is 2.18. The first-order valence-corrected chi connectivity index (χ1v) is 10.3. The molecule has 0 N–H and O–H groups in total. The van der Waals surface area contributed by atoms with Gasteiger partial charge < -0.3 is 9.47 Å². The molecule has 0 atom stereocenters. The van der Waals surface area contributed by atoms with E-state index in [4.69, 9.17) is 9.47 Å². The molecule has 0 aliphatic heterocycles. The van der Waals surface area contributed by atoms with E-state index in [-0.39, 0.29) is 11.4 Å². The van der Waals surface area contributed by atoms with Crippen LogP contribution in [0.3, 0.4) is 0 Å². The average Bonchev–Trinajstić information content (AvgIpc) is 2.66. The van der Waals surface area contributed by atoms with Gasteiger partial charge in [0, 0.05) is 19.3 Å². The fraction of sp³-hybridized carbons (Fsp3) is 0.333. The lowest BCUT2D eigenvalue weighted by Gasteiger charge is -2.19. The van der Waals surface area contributed by atoms with Crippen molar-refractivity contribution in [2.75, 3.05) is 13.2 Å². The van der Waals surface area contributed by atoms with Crippen molar-refractivity contribution in [3.05, 3.63) is 65.7 Å². The molecule has 5 nitrogen and oxygen atoms in total. The molecule has 0 heterocycles. The molecule has 6 heteroatoms. The predicted octanol–water partition coefficient (Wildman–Crippen LogP) is 3.55. The predicted molar refractivity (Wildman–Crippen MR) is 105 cm³/mol. The minimum atomic E-state index is -3.79. The van der Waals surface area contributed by atoms with Crippen molar-refractivity contribution < 1.29 is 17.9 Å². The SMILES string of the molecule is CCOC(C#CN(Cc1ccccc1)S(=O)(=O)c1ccc(C)cc1)OCC. The van der Waals surface area contributed by atoms with Crippen molar-refractivity contribution in [3.8, 4) is 12.0 Å². The van der Waals surface area contributed by atoms with Crippen molar-refractivity contribution in [3.63, 3.8) is 0 Å². The Bertz CT molecular complexity index is 862. The van der Waals surface area contributed by atoms with Crippen LogP contribution in [0.4, 0.5) is 0 Å². The second-order valence-corrected chi connectivity index (χ2v) is 7.67. The third kappa shape index (κ3) is 6.10. The Morgan fingerprint density at radius 2 is 1.56 bits per heavy atom. The molecule has 0 bridgehead atoms. The number of aryl methyl sites for hydroxylation is 1. The zero-order valence-corrected chi connectivity index (χ0v) is 16.7. The van der Waals surface area contributed by atoms with E-state index in [0.717, 1.165) is 15.4 Å². The van der Waals surface area contributed by atoms with Crippen molar-refractivity contribution in [1.29, 1.82) is 0 Å². The topological polar surface area (TPSA) is 55.8 Å². The summed E-state index contributed by atoms with van der Waals surface area (Å²) >= 11 is 0. The summed E-state index contributed by atoms with van der Waals surface area (Å²) in [5.74, 6) is 2.78. The molecule has 144 valence electrons. The summed E-state index contributed by atoms with van der Waals surface area (Å²) in [4.78, 5) is 0.197. The average molecular weight is 388 g/mol. The Morgan fingerprint density at radius 3 is 2.11 bits per heavy atom. The molecule has 0 unspecified atom stereocenters. The number of hydrogen-bond acceptors (Lipinski definition) is 4. The third-order valence-electron chi connectivity index (χ3n) is 3.72. The molecule has 2 rings (SSSR count). The van der Waals surface area contributed by atoms with E-state index in [9.17, 15) is 8.42 Å². The molecular formula is C21H25NO4S. The molecule has 0 saturated heterocycles. The summed E-state index contributed by atoms with van der Waals surface area (Å²) in [6, 6.07) is 18.8. The minimum absolute atomic E-state index is 0.134. The highest BCUT2D eigenvalue weighted by molar-refractivity contribution is 7.89. The first kappa shape index (κ1) is 21.0. The molecule has 0 aliphatic rings. The van der Waals surface area contributed by atoms with Gasteiger partial charge in [0.05, 0.1) is 11.4 Å². The number of hydrogen-bond donors (Lipinski definition) is 0. The second kappa shape index (κ2) is 10.1. The van der Waals surface area contributed by atoms with Crippen LogP contribution in [-0.4, -0.2) is 32.2 Å². The molecule has 0 aromatic heterocycles. The number of nitrogens with zero attached hydrogens (tertiary/aromatic N) is 1. The van der Waals surface area contributed by atoms with Crippen molar-refractivity contribution in [2.24, 2.45) is 0 Å². The monoisotopic (exact) mass is 387 g/mol. The van der Waals surface area contributed by atoms with E-state index in [0.29, 0.717) is 13.2 Å². The highest BCUT2D eigenvalue weighted by Gasteiger charge is 2.22. The largest absolute Gasteiger partial charge is 0.342 e. The van der Waals surface area contributed by atoms with Crippen LogP contribution >= 0.6 is 0 Å². The Kier molecular flexibility index (Phi) is 7.86. The summed E-state index contributed by atoms with van der Waals surface area (Å²) < 4.78 is 38.2. The van der Waals surface area contributed by atoms with E-state index >= 15 is 0 Å². The molecule has 0 fully saturated rings. The van der Waals surface area contributed by atoms with Gasteiger partial charge in [-0.05, 0) is 44.4 Å². The Labute approximate surface area is 162 Å².